The lowest BCUT2D eigenvalue weighted by atomic mass is 10.0. The van der Waals surface area contributed by atoms with E-state index in [0.29, 0.717) is 6.42 Å². The van der Waals surface area contributed by atoms with Gasteiger partial charge < -0.3 is 5.32 Å². The van der Waals surface area contributed by atoms with Crippen LogP contribution in [0.1, 0.15) is 34.1 Å². The second kappa shape index (κ2) is 4.10. The minimum absolute atomic E-state index is 0.174. The SMILES string of the molecule is CCC(C#N)C(=O)NC(C)(C)C. The lowest BCUT2D eigenvalue weighted by Crippen LogP contribution is -2.43. The van der Waals surface area contributed by atoms with Gasteiger partial charge in [-0.3, -0.25) is 4.79 Å². The van der Waals surface area contributed by atoms with Crippen LogP contribution in [0.25, 0.3) is 0 Å². The van der Waals surface area contributed by atoms with E-state index in [9.17, 15) is 4.79 Å². The summed E-state index contributed by atoms with van der Waals surface area (Å²) < 4.78 is 0. The fourth-order valence-electron chi connectivity index (χ4n) is 0.792. The van der Waals surface area contributed by atoms with Gasteiger partial charge in [0.25, 0.3) is 0 Å². The summed E-state index contributed by atoms with van der Waals surface area (Å²) in [4.78, 5) is 11.3. The van der Waals surface area contributed by atoms with Gasteiger partial charge in [0.15, 0.2) is 0 Å². The van der Waals surface area contributed by atoms with Gasteiger partial charge in [-0.1, -0.05) is 6.92 Å². The zero-order chi connectivity index (χ0) is 9.78. The van der Waals surface area contributed by atoms with Crippen molar-refractivity contribution in [3.8, 4) is 6.07 Å². The molecule has 1 unspecified atom stereocenters. The smallest absolute Gasteiger partial charge is 0.237 e. The molecule has 68 valence electrons. The fourth-order valence-corrected chi connectivity index (χ4v) is 0.792. The number of nitrogens with zero attached hydrogens (tertiary/aromatic N) is 1. The van der Waals surface area contributed by atoms with E-state index in [1.165, 1.54) is 0 Å². The number of nitriles is 1. The van der Waals surface area contributed by atoms with Crippen LogP contribution >= 0.6 is 0 Å². The van der Waals surface area contributed by atoms with E-state index in [1.54, 1.807) is 0 Å². The molecule has 0 radical (unpaired) electrons. The molecule has 0 spiro atoms. The van der Waals surface area contributed by atoms with Crippen molar-refractivity contribution in [2.45, 2.75) is 39.7 Å². The molecule has 0 aliphatic heterocycles. The lowest BCUT2D eigenvalue weighted by molar-refractivity contribution is -0.124. The molecular weight excluding hydrogens is 152 g/mol. The van der Waals surface area contributed by atoms with Crippen LogP contribution in [0.2, 0.25) is 0 Å². The highest BCUT2D eigenvalue weighted by Gasteiger charge is 2.20. The van der Waals surface area contributed by atoms with Crippen LogP contribution in [0.3, 0.4) is 0 Å². The van der Waals surface area contributed by atoms with Gasteiger partial charge >= 0.3 is 0 Å². The lowest BCUT2D eigenvalue weighted by Gasteiger charge is -2.21. The fraction of sp³-hybridized carbons (Fsp3) is 0.778. The number of rotatable bonds is 2. The third-order valence-corrected chi connectivity index (χ3v) is 1.38. The molecule has 1 atom stereocenters. The molecule has 0 saturated heterocycles. The molecule has 1 amide bonds. The molecule has 0 rings (SSSR count). The highest BCUT2D eigenvalue weighted by Crippen LogP contribution is 2.05. The summed E-state index contributed by atoms with van der Waals surface area (Å²) in [7, 11) is 0. The van der Waals surface area contributed by atoms with Gasteiger partial charge in [0, 0.05) is 5.54 Å². The van der Waals surface area contributed by atoms with Crippen molar-refractivity contribution in [2.75, 3.05) is 0 Å². The zero-order valence-corrected chi connectivity index (χ0v) is 8.14. The van der Waals surface area contributed by atoms with Crippen molar-refractivity contribution in [3.05, 3.63) is 0 Å². The van der Waals surface area contributed by atoms with Crippen LogP contribution in [-0.4, -0.2) is 11.4 Å². The molecule has 12 heavy (non-hydrogen) atoms. The Hall–Kier alpha value is -1.04. The van der Waals surface area contributed by atoms with Gasteiger partial charge in [-0.15, -0.1) is 0 Å². The summed E-state index contributed by atoms with van der Waals surface area (Å²) in [5.74, 6) is -0.684. The van der Waals surface area contributed by atoms with Crippen LogP contribution in [0, 0.1) is 17.2 Å². The minimum atomic E-state index is -0.510. The number of nitrogens with one attached hydrogen (secondary N) is 1. The van der Waals surface area contributed by atoms with Gasteiger partial charge in [-0.05, 0) is 27.2 Å². The molecule has 3 nitrogen and oxygen atoms in total. The Balaban J connectivity index is 4.14. The van der Waals surface area contributed by atoms with Crippen molar-refractivity contribution in [3.63, 3.8) is 0 Å². The van der Waals surface area contributed by atoms with Crippen molar-refractivity contribution in [1.82, 2.24) is 5.32 Å². The van der Waals surface area contributed by atoms with E-state index in [4.69, 9.17) is 5.26 Å². The molecule has 0 saturated carbocycles. The first-order valence-corrected chi connectivity index (χ1v) is 4.12. The number of carbonyl (C=O) groups is 1. The predicted molar refractivity (Wildman–Crippen MR) is 47.3 cm³/mol. The highest BCUT2D eigenvalue weighted by molar-refractivity contribution is 5.81. The molecule has 0 aromatic carbocycles. The summed E-state index contributed by atoms with van der Waals surface area (Å²) >= 11 is 0. The molecule has 0 bridgehead atoms. The summed E-state index contributed by atoms with van der Waals surface area (Å²) in [5.41, 5.74) is -0.249. The van der Waals surface area contributed by atoms with Crippen molar-refractivity contribution in [2.24, 2.45) is 5.92 Å². The Morgan fingerprint density at radius 2 is 2.08 bits per heavy atom. The maximum absolute atomic E-state index is 11.3. The van der Waals surface area contributed by atoms with Crippen LogP contribution < -0.4 is 5.32 Å². The van der Waals surface area contributed by atoms with Crippen LogP contribution in [0.5, 0.6) is 0 Å². The maximum Gasteiger partial charge on any atom is 0.237 e. The highest BCUT2D eigenvalue weighted by atomic mass is 16.2. The molecule has 0 aromatic rings. The molecule has 3 heteroatoms. The standard InChI is InChI=1S/C9H16N2O/c1-5-7(6-10)8(12)11-9(2,3)4/h7H,5H2,1-4H3,(H,11,12). The average Bonchev–Trinajstić information content (AvgIpc) is 1.85. The summed E-state index contributed by atoms with van der Waals surface area (Å²) in [6.45, 7) is 7.52. The second-order valence-corrected chi connectivity index (χ2v) is 3.83. The summed E-state index contributed by atoms with van der Waals surface area (Å²) in [5, 5.41) is 11.3. The summed E-state index contributed by atoms with van der Waals surface area (Å²) in [6.07, 6.45) is 0.568. The van der Waals surface area contributed by atoms with E-state index in [2.05, 4.69) is 5.32 Å². The first-order chi connectivity index (χ1) is 5.40. The number of carbonyl (C=O) groups excluding carboxylic acids is 1. The normalized spacial score (nSPS) is 13.2. The van der Waals surface area contributed by atoms with Gasteiger partial charge in [-0.25, -0.2) is 0 Å². The van der Waals surface area contributed by atoms with Gasteiger partial charge in [0.05, 0.1) is 6.07 Å². The molecule has 0 heterocycles. The Morgan fingerprint density at radius 3 is 2.33 bits per heavy atom. The van der Waals surface area contributed by atoms with E-state index < -0.39 is 5.92 Å². The maximum atomic E-state index is 11.3. The van der Waals surface area contributed by atoms with E-state index in [-0.39, 0.29) is 11.4 Å². The number of amides is 1. The minimum Gasteiger partial charge on any atom is -0.350 e. The van der Waals surface area contributed by atoms with Crippen LogP contribution in [-0.2, 0) is 4.79 Å². The molecule has 0 aromatic heterocycles. The Kier molecular flexibility index (Phi) is 3.75. The van der Waals surface area contributed by atoms with Crippen LogP contribution in [0.4, 0.5) is 0 Å². The molecular formula is C9H16N2O. The first kappa shape index (κ1) is 11.0. The molecule has 0 fully saturated rings. The van der Waals surface area contributed by atoms with Crippen molar-refractivity contribution < 1.29 is 4.79 Å². The largest absolute Gasteiger partial charge is 0.350 e. The third-order valence-electron chi connectivity index (χ3n) is 1.38. The Labute approximate surface area is 73.8 Å². The molecule has 1 N–H and O–H groups in total. The Bertz CT molecular complexity index is 198. The van der Waals surface area contributed by atoms with Gasteiger partial charge in [0.2, 0.25) is 5.91 Å². The van der Waals surface area contributed by atoms with E-state index in [0.717, 1.165) is 0 Å². The topological polar surface area (TPSA) is 52.9 Å². The van der Waals surface area contributed by atoms with Gasteiger partial charge in [0.1, 0.15) is 5.92 Å². The summed E-state index contributed by atoms with van der Waals surface area (Å²) in [6, 6.07) is 1.96. The zero-order valence-electron chi connectivity index (χ0n) is 8.14. The third kappa shape index (κ3) is 3.97. The van der Waals surface area contributed by atoms with Gasteiger partial charge in [-0.2, -0.15) is 5.26 Å². The predicted octanol–water partition coefficient (Wildman–Crippen LogP) is 1.45. The van der Waals surface area contributed by atoms with Crippen molar-refractivity contribution in [1.29, 1.82) is 5.26 Å². The quantitative estimate of drug-likeness (QED) is 0.678. The number of hydrogen-bond acceptors (Lipinski definition) is 2. The average molecular weight is 168 g/mol. The van der Waals surface area contributed by atoms with E-state index in [1.807, 2.05) is 33.8 Å². The first-order valence-electron chi connectivity index (χ1n) is 4.12. The van der Waals surface area contributed by atoms with Crippen molar-refractivity contribution >= 4 is 5.91 Å². The molecule has 0 aliphatic rings. The second-order valence-electron chi connectivity index (χ2n) is 3.83. The van der Waals surface area contributed by atoms with Crippen LogP contribution in [0.15, 0.2) is 0 Å². The number of hydrogen-bond donors (Lipinski definition) is 1. The monoisotopic (exact) mass is 168 g/mol. The van der Waals surface area contributed by atoms with E-state index >= 15 is 0 Å². The molecule has 0 aliphatic carbocycles. The Morgan fingerprint density at radius 1 is 1.58 bits per heavy atom.